The fraction of sp³-hybridized carbons (Fsp3) is 0.167. The van der Waals surface area contributed by atoms with E-state index in [1.54, 1.807) is 42.9 Å². The summed E-state index contributed by atoms with van der Waals surface area (Å²) in [6.45, 7) is -0.292. The smallest absolute Gasteiger partial charge is 0.250 e. The van der Waals surface area contributed by atoms with Crippen molar-refractivity contribution in [1.82, 2.24) is 20.3 Å². The molecule has 0 radical (unpaired) electrons. The first kappa shape index (κ1) is 21.3. The molecule has 162 valence electrons. The van der Waals surface area contributed by atoms with Crippen molar-refractivity contribution >= 4 is 17.3 Å². The van der Waals surface area contributed by atoms with Crippen LogP contribution >= 0.6 is 0 Å². The van der Waals surface area contributed by atoms with Crippen LogP contribution in [0.1, 0.15) is 30.1 Å². The topological polar surface area (TPSA) is 114 Å². The van der Waals surface area contributed by atoms with Crippen LogP contribution in [0.3, 0.4) is 0 Å². The summed E-state index contributed by atoms with van der Waals surface area (Å²) in [5, 5.41) is 12.4. The number of carbonyl (C=O) groups excluding carboxylic acids is 1. The van der Waals surface area contributed by atoms with Crippen molar-refractivity contribution in [2.45, 2.75) is 18.9 Å². The van der Waals surface area contributed by atoms with E-state index >= 15 is 0 Å². The Labute approximate surface area is 184 Å². The van der Waals surface area contributed by atoms with E-state index in [-0.39, 0.29) is 24.4 Å². The minimum atomic E-state index is -0.649. The zero-order valence-corrected chi connectivity index (χ0v) is 17.2. The minimum Gasteiger partial charge on any atom is -0.394 e. The lowest BCUT2D eigenvalue weighted by atomic mass is 9.94. The molecule has 0 fully saturated rings. The Hall–Kier alpha value is -3.91. The van der Waals surface area contributed by atoms with Gasteiger partial charge < -0.3 is 16.2 Å². The van der Waals surface area contributed by atoms with Crippen LogP contribution in [-0.4, -0.2) is 32.6 Å². The molecule has 3 aromatic rings. The van der Waals surface area contributed by atoms with Crippen molar-refractivity contribution in [2.75, 3.05) is 12.3 Å². The van der Waals surface area contributed by atoms with Gasteiger partial charge in [-0.2, -0.15) is 0 Å². The van der Waals surface area contributed by atoms with Gasteiger partial charge in [-0.3, -0.25) is 9.78 Å². The molecule has 1 atom stereocenters. The zero-order chi connectivity index (χ0) is 22.5. The number of amides is 1. The number of allylic oxidation sites excluding steroid dienone is 3. The molecule has 0 saturated heterocycles. The van der Waals surface area contributed by atoms with Gasteiger partial charge >= 0.3 is 0 Å². The Kier molecular flexibility index (Phi) is 6.32. The van der Waals surface area contributed by atoms with Crippen LogP contribution in [0.15, 0.2) is 78.5 Å². The SMILES string of the molecule is Nc1ncc(-c2ccncc2)nc1C1=CC(F)=C(C(=O)N[C@H](CO)c2ccccc2)CC1. The van der Waals surface area contributed by atoms with Gasteiger partial charge in [-0.1, -0.05) is 30.3 Å². The highest BCUT2D eigenvalue weighted by molar-refractivity contribution is 5.96. The molecule has 1 aliphatic carbocycles. The van der Waals surface area contributed by atoms with Crippen molar-refractivity contribution in [3.63, 3.8) is 0 Å². The number of nitrogens with one attached hydrogen (secondary N) is 1. The third-order valence-corrected chi connectivity index (χ3v) is 5.28. The number of anilines is 1. The molecule has 0 saturated carbocycles. The van der Waals surface area contributed by atoms with Crippen molar-refractivity contribution in [3.05, 3.63) is 89.8 Å². The van der Waals surface area contributed by atoms with Gasteiger partial charge in [-0.05, 0) is 42.2 Å². The molecule has 0 aliphatic heterocycles. The highest BCUT2D eigenvalue weighted by Crippen LogP contribution is 2.33. The largest absolute Gasteiger partial charge is 0.394 e. The lowest BCUT2D eigenvalue weighted by Crippen LogP contribution is -2.32. The van der Waals surface area contributed by atoms with Crippen LogP contribution in [0.25, 0.3) is 16.8 Å². The van der Waals surface area contributed by atoms with Crippen molar-refractivity contribution in [3.8, 4) is 11.3 Å². The molecule has 2 heterocycles. The van der Waals surface area contributed by atoms with E-state index in [0.717, 1.165) is 11.1 Å². The molecule has 32 heavy (non-hydrogen) atoms. The molecule has 4 N–H and O–H groups in total. The Morgan fingerprint density at radius 1 is 1.16 bits per heavy atom. The number of carbonyl (C=O) groups is 1. The van der Waals surface area contributed by atoms with Crippen molar-refractivity contribution in [1.29, 1.82) is 0 Å². The quantitative estimate of drug-likeness (QED) is 0.551. The monoisotopic (exact) mass is 431 g/mol. The second-order valence-electron chi connectivity index (χ2n) is 7.34. The summed E-state index contributed by atoms with van der Waals surface area (Å²) >= 11 is 0. The van der Waals surface area contributed by atoms with Gasteiger partial charge in [0, 0.05) is 18.0 Å². The number of rotatable bonds is 6. The first-order valence-electron chi connectivity index (χ1n) is 10.2. The molecule has 4 rings (SSSR count). The summed E-state index contributed by atoms with van der Waals surface area (Å²) in [7, 11) is 0. The fourth-order valence-corrected chi connectivity index (χ4v) is 3.56. The molecule has 1 aliphatic rings. The average molecular weight is 431 g/mol. The predicted molar refractivity (Wildman–Crippen MR) is 119 cm³/mol. The number of pyridine rings is 1. The third kappa shape index (κ3) is 4.55. The molecular weight excluding hydrogens is 409 g/mol. The number of halogens is 1. The number of nitrogens with zero attached hydrogens (tertiary/aromatic N) is 3. The Balaban J connectivity index is 1.58. The van der Waals surface area contributed by atoms with E-state index in [2.05, 4.69) is 20.3 Å². The lowest BCUT2D eigenvalue weighted by molar-refractivity contribution is -0.118. The number of benzene rings is 1. The van der Waals surface area contributed by atoms with Crippen LogP contribution < -0.4 is 11.1 Å². The number of hydrogen-bond acceptors (Lipinski definition) is 6. The average Bonchev–Trinajstić information content (AvgIpc) is 2.83. The maximum Gasteiger partial charge on any atom is 0.250 e. The standard InChI is InChI=1S/C24H22FN5O2/c25-19-12-17(22-23(26)28-13-20(29-22)16-8-10-27-11-9-16)6-7-18(19)24(32)30-21(14-31)15-4-2-1-3-5-15/h1-5,8-13,21,31H,6-7,14H2,(H2,26,28)(H,30,32)/t21-/m1/s1. The summed E-state index contributed by atoms with van der Waals surface area (Å²) < 4.78 is 14.9. The maximum atomic E-state index is 14.9. The van der Waals surface area contributed by atoms with Gasteiger partial charge in [-0.25, -0.2) is 14.4 Å². The maximum absolute atomic E-state index is 14.9. The fourth-order valence-electron chi connectivity index (χ4n) is 3.56. The number of hydrogen-bond donors (Lipinski definition) is 3. The zero-order valence-electron chi connectivity index (χ0n) is 17.2. The van der Waals surface area contributed by atoms with Crippen LogP contribution in [0.4, 0.5) is 10.2 Å². The summed E-state index contributed by atoms with van der Waals surface area (Å²) in [6, 6.07) is 12.0. The van der Waals surface area contributed by atoms with E-state index < -0.39 is 17.8 Å². The molecule has 1 amide bonds. The predicted octanol–water partition coefficient (Wildman–Crippen LogP) is 3.37. The molecule has 8 heteroatoms. The number of aliphatic hydroxyl groups excluding tert-OH is 1. The van der Waals surface area contributed by atoms with Gasteiger partial charge in [-0.15, -0.1) is 0 Å². The second-order valence-corrected chi connectivity index (χ2v) is 7.34. The molecular formula is C24H22FN5O2. The molecule has 0 spiro atoms. The second kappa shape index (κ2) is 9.49. The summed E-state index contributed by atoms with van der Waals surface area (Å²) in [4.78, 5) is 25.4. The molecule has 0 unspecified atom stereocenters. The van der Waals surface area contributed by atoms with Crippen LogP contribution in [0, 0.1) is 0 Å². The summed E-state index contributed by atoms with van der Waals surface area (Å²) in [5.41, 5.74) is 9.16. The van der Waals surface area contributed by atoms with E-state index in [4.69, 9.17) is 5.73 Å². The Bertz CT molecular complexity index is 1180. The van der Waals surface area contributed by atoms with Crippen LogP contribution in [0.5, 0.6) is 0 Å². The van der Waals surface area contributed by atoms with Crippen molar-refractivity contribution < 1.29 is 14.3 Å². The molecule has 7 nitrogen and oxygen atoms in total. The van der Waals surface area contributed by atoms with Crippen LogP contribution in [0.2, 0.25) is 0 Å². The Morgan fingerprint density at radius 2 is 1.91 bits per heavy atom. The van der Waals surface area contributed by atoms with Gasteiger partial charge in [0.25, 0.3) is 5.91 Å². The van der Waals surface area contributed by atoms with E-state index in [0.29, 0.717) is 23.4 Å². The van der Waals surface area contributed by atoms with Gasteiger partial charge in [0.2, 0.25) is 0 Å². The van der Waals surface area contributed by atoms with E-state index in [1.807, 2.05) is 18.2 Å². The van der Waals surface area contributed by atoms with Crippen molar-refractivity contribution in [2.24, 2.45) is 0 Å². The third-order valence-electron chi connectivity index (χ3n) is 5.28. The van der Waals surface area contributed by atoms with Crippen LogP contribution in [-0.2, 0) is 4.79 Å². The summed E-state index contributed by atoms with van der Waals surface area (Å²) in [5.74, 6) is -1.01. The molecule has 2 aromatic heterocycles. The van der Waals surface area contributed by atoms with Gasteiger partial charge in [0.15, 0.2) is 0 Å². The highest BCUT2D eigenvalue weighted by atomic mass is 19.1. The number of aromatic nitrogens is 3. The van der Waals surface area contributed by atoms with Gasteiger partial charge in [0.1, 0.15) is 17.3 Å². The molecule has 0 bridgehead atoms. The first-order chi connectivity index (χ1) is 15.6. The number of nitrogen functional groups attached to an aromatic ring is 1. The Morgan fingerprint density at radius 3 is 2.59 bits per heavy atom. The number of nitrogens with two attached hydrogens (primary N) is 1. The van der Waals surface area contributed by atoms with E-state index in [1.165, 1.54) is 6.08 Å². The lowest BCUT2D eigenvalue weighted by Gasteiger charge is -2.20. The normalized spacial score (nSPS) is 14.6. The minimum absolute atomic E-state index is 0.0277. The number of aliphatic hydroxyl groups is 1. The molecule has 1 aromatic carbocycles. The van der Waals surface area contributed by atoms with Gasteiger partial charge in [0.05, 0.1) is 30.1 Å². The van der Waals surface area contributed by atoms with E-state index in [9.17, 15) is 14.3 Å². The first-order valence-corrected chi connectivity index (χ1v) is 10.2. The highest BCUT2D eigenvalue weighted by Gasteiger charge is 2.24. The summed E-state index contributed by atoms with van der Waals surface area (Å²) in [6.07, 6.45) is 6.69.